The van der Waals surface area contributed by atoms with Crippen LogP contribution in [0.15, 0.2) is 29.2 Å². The molecular formula is C9H7F3N2S. The van der Waals surface area contributed by atoms with E-state index in [-0.39, 0.29) is 16.7 Å². The maximum Gasteiger partial charge on any atom is 0.446 e. The van der Waals surface area contributed by atoms with Gasteiger partial charge in [0.1, 0.15) is 6.04 Å². The Hall–Kier alpha value is -1.19. The smallest absolute Gasteiger partial charge is 0.312 e. The monoisotopic (exact) mass is 232 g/mol. The van der Waals surface area contributed by atoms with Gasteiger partial charge in [0.05, 0.1) is 6.07 Å². The molecule has 0 fully saturated rings. The van der Waals surface area contributed by atoms with E-state index in [4.69, 9.17) is 11.0 Å². The van der Waals surface area contributed by atoms with Crippen molar-refractivity contribution in [3.8, 4) is 6.07 Å². The minimum absolute atomic E-state index is 0.0800. The first kappa shape index (κ1) is 11.9. The number of rotatable bonds is 2. The Labute approximate surface area is 88.9 Å². The fraction of sp³-hybridized carbons (Fsp3) is 0.222. The van der Waals surface area contributed by atoms with E-state index in [1.54, 1.807) is 6.07 Å². The summed E-state index contributed by atoms with van der Waals surface area (Å²) in [5.74, 6) is 0. The lowest BCUT2D eigenvalue weighted by Gasteiger charge is -2.07. The molecule has 1 rings (SSSR count). The second-order valence-electron chi connectivity index (χ2n) is 2.72. The van der Waals surface area contributed by atoms with Crippen molar-refractivity contribution in [3.05, 3.63) is 29.8 Å². The molecule has 2 nitrogen and oxygen atoms in total. The van der Waals surface area contributed by atoms with Crippen molar-refractivity contribution < 1.29 is 13.2 Å². The van der Waals surface area contributed by atoms with Gasteiger partial charge < -0.3 is 5.73 Å². The van der Waals surface area contributed by atoms with Gasteiger partial charge in [-0.2, -0.15) is 18.4 Å². The van der Waals surface area contributed by atoms with Crippen molar-refractivity contribution in [2.24, 2.45) is 5.73 Å². The normalized spacial score (nSPS) is 13.3. The van der Waals surface area contributed by atoms with Gasteiger partial charge in [0, 0.05) is 4.90 Å². The van der Waals surface area contributed by atoms with Crippen molar-refractivity contribution in [3.63, 3.8) is 0 Å². The summed E-state index contributed by atoms with van der Waals surface area (Å²) in [4.78, 5) is 0.0800. The highest BCUT2D eigenvalue weighted by Crippen LogP contribution is 2.36. The lowest BCUT2D eigenvalue weighted by molar-refractivity contribution is -0.0328. The van der Waals surface area contributed by atoms with E-state index in [9.17, 15) is 13.2 Å². The number of nitrogens with two attached hydrogens (primary N) is 1. The van der Waals surface area contributed by atoms with Crippen LogP contribution in [0, 0.1) is 11.3 Å². The van der Waals surface area contributed by atoms with Gasteiger partial charge in [-0.15, -0.1) is 0 Å². The van der Waals surface area contributed by atoms with Gasteiger partial charge in [-0.25, -0.2) is 0 Å². The van der Waals surface area contributed by atoms with E-state index in [0.717, 1.165) is 0 Å². The summed E-state index contributed by atoms with van der Waals surface area (Å²) in [6.07, 6.45) is 0. The van der Waals surface area contributed by atoms with Crippen LogP contribution in [0.2, 0.25) is 0 Å². The number of thioether (sulfide) groups is 1. The molecule has 0 amide bonds. The molecule has 0 saturated carbocycles. The Kier molecular flexibility index (Phi) is 3.61. The van der Waals surface area contributed by atoms with E-state index in [0.29, 0.717) is 5.56 Å². The number of alkyl halides is 3. The maximum absolute atomic E-state index is 12.0. The van der Waals surface area contributed by atoms with E-state index in [1.165, 1.54) is 24.3 Å². The molecule has 0 bridgehead atoms. The molecule has 0 heterocycles. The van der Waals surface area contributed by atoms with Crippen LogP contribution in [-0.4, -0.2) is 5.51 Å². The molecule has 1 atom stereocenters. The predicted octanol–water partition coefficient (Wildman–Crippen LogP) is 2.82. The van der Waals surface area contributed by atoms with Crippen LogP contribution in [0.4, 0.5) is 13.2 Å². The number of hydrogen-bond donors (Lipinski definition) is 1. The number of nitrogens with zero attached hydrogens (tertiary/aromatic N) is 1. The van der Waals surface area contributed by atoms with Crippen molar-refractivity contribution in [2.75, 3.05) is 0 Å². The largest absolute Gasteiger partial charge is 0.446 e. The van der Waals surface area contributed by atoms with Crippen LogP contribution in [0.3, 0.4) is 0 Å². The predicted molar refractivity (Wildman–Crippen MR) is 50.9 cm³/mol. The van der Waals surface area contributed by atoms with Gasteiger partial charge in [0.2, 0.25) is 0 Å². The van der Waals surface area contributed by atoms with Crippen LogP contribution in [-0.2, 0) is 0 Å². The summed E-state index contributed by atoms with van der Waals surface area (Å²) in [6.45, 7) is 0. The van der Waals surface area contributed by atoms with Crippen LogP contribution in [0.5, 0.6) is 0 Å². The lowest BCUT2D eigenvalue weighted by atomic mass is 10.1. The Morgan fingerprint density at radius 3 is 2.20 bits per heavy atom. The first-order valence-corrected chi connectivity index (χ1v) is 4.75. The number of halogens is 3. The van der Waals surface area contributed by atoms with E-state index in [2.05, 4.69) is 0 Å². The summed E-state index contributed by atoms with van der Waals surface area (Å²) in [5.41, 5.74) is 1.59. The van der Waals surface area contributed by atoms with Crippen molar-refractivity contribution in [1.82, 2.24) is 0 Å². The molecule has 0 aliphatic carbocycles. The number of hydrogen-bond acceptors (Lipinski definition) is 3. The van der Waals surface area contributed by atoms with Gasteiger partial charge in [-0.3, -0.25) is 0 Å². The molecular weight excluding hydrogens is 225 g/mol. The van der Waals surface area contributed by atoms with Crippen LogP contribution in [0.1, 0.15) is 11.6 Å². The Balaban J connectivity index is 2.78. The molecule has 2 N–H and O–H groups in total. The first-order chi connectivity index (χ1) is 6.92. The average Bonchev–Trinajstić information content (AvgIpc) is 2.15. The number of benzene rings is 1. The third-order valence-electron chi connectivity index (χ3n) is 1.61. The molecule has 0 saturated heterocycles. The highest BCUT2D eigenvalue weighted by atomic mass is 32.2. The standard InChI is InChI=1S/C9H7F3N2S/c10-9(11,12)15-7-3-1-6(2-4-7)8(14)5-13/h1-4,8H,14H2. The molecule has 1 aromatic rings. The lowest BCUT2D eigenvalue weighted by Crippen LogP contribution is -2.06. The fourth-order valence-corrected chi connectivity index (χ4v) is 1.49. The summed E-state index contributed by atoms with van der Waals surface area (Å²) in [6, 6.07) is 6.43. The second kappa shape index (κ2) is 4.55. The zero-order valence-corrected chi connectivity index (χ0v) is 8.27. The summed E-state index contributed by atoms with van der Waals surface area (Å²) < 4.78 is 35.9. The highest BCUT2D eigenvalue weighted by molar-refractivity contribution is 8.00. The Bertz CT molecular complexity index is 366. The van der Waals surface area contributed by atoms with Crippen LogP contribution in [0.25, 0.3) is 0 Å². The van der Waals surface area contributed by atoms with Gasteiger partial charge in [0.25, 0.3) is 0 Å². The summed E-state index contributed by atoms with van der Waals surface area (Å²) in [5, 5.41) is 8.48. The SMILES string of the molecule is N#CC(N)c1ccc(SC(F)(F)F)cc1. The molecule has 80 valence electrons. The molecule has 0 aliphatic heterocycles. The van der Waals surface area contributed by atoms with Crippen molar-refractivity contribution in [1.29, 1.82) is 5.26 Å². The average molecular weight is 232 g/mol. The molecule has 0 radical (unpaired) electrons. The third-order valence-corrected chi connectivity index (χ3v) is 2.35. The molecule has 1 aromatic carbocycles. The van der Waals surface area contributed by atoms with Gasteiger partial charge in [-0.05, 0) is 29.5 Å². The van der Waals surface area contributed by atoms with Crippen LogP contribution >= 0.6 is 11.8 Å². The summed E-state index contributed by atoms with van der Waals surface area (Å²) >= 11 is -0.195. The topological polar surface area (TPSA) is 49.8 Å². The van der Waals surface area contributed by atoms with Crippen molar-refractivity contribution in [2.45, 2.75) is 16.4 Å². The first-order valence-electron chi connectivity index (χ1n) is 3.93. The van der Waals surface area contributed by atoms with Gasteiger partial charge in [-0.1, -0.05) is 12.1 Å². The maximum atomic E-state index is 12.0. The van der Waals surface area contributed by atoms with E-state index >= 15 is 0 Å². The molecule has 15 heavy (non-hydrogen) atoms. The fourth-order valence-electron chi connectivity index (χ4n) is 0.951. The molecule has 0 aliphatic rings. The Morgan fingerprint density at radius 2 is 1.80 bits per heavy atom. The molecule has 0 spiro atoms. The molecule has 6 heteroatoms. The van der Waals surface area contributed by atoms with Gasteiger partial charge >= 0.3 is 5.51 Å². The van der Waals surface area contributed by atoms with Crippen LogP contribution < -0.4 is 5.73 Å². The zero-order valence-electron chi connectivity index (χ0n) is 7.45. The highest BCUT2D eigenvalue weighted by Gasteiger charge is 2.29. The minimum Gasteiger partial charge on any atom is -0.312 e. The van der Waals surface area contributed by atoms with Gasteiger partial charge in [0.15, 0.2) is 0 Å². The zero-order chi connectivity index (χ0) is 11.5. The van der Waals surface area contributed by atoms with E-state index < -0.39 is 11.6 Å². The third kappa shape index (κ3) is 3.81. The van der Waals surface area contributed by atoms with E-state index in [1.807, 2.05) is 0 Å². The van der Waals surface area contributed by atoms with Crippen molar-refractivity contribution >= 4 is 11.8 Å². The quantitative estimate of drug-likeness (QED) is 0.797. The number of nitriles is 1. The molecule has 1 unspecified atom stereocenters. The second-order valence-corrected chi connectivity index (χ2v) is 3.86. The summed E-state index contributed by atoms with van der Waals surface area (Å²) in [7, 11) is 0. The Morgan fingerprint density at radius 1 is 1.27 bits per heavy atom. The molecule has 0 aromatic heterocycles. The minimum atomic E-state index is -4.29.